The molecule has 3 amide bonds. The molecule has 0 saturated carbocycles. The van der Waals surface area contributed by atoms with Crippen molar-refractivity contribution in [2.45, 2.75) is 36.1 Å². The van der Waals surface area contributed by atoms with E-state index in [1.54, 1.807) is 24.3 Å². The number of aromatic nitrogens is 1. The van der Waals surface area contributed by atoms with Crippen LogP contribution in [0.2, 0.25) is 0 Å². The summed E-state index contributed by atoms with van der Waals surface area (Å²) >= 11 is 2.07. The van der Waals surface area contributed by atoms with Crippen molar-refractivity contribution in [3.05, 3.63) is 73.2 Å². The molecule has 13 heteroatoms. The number of benzene rings is 2. The summed E-state index contributed by atoms with van der Waals surface area (Å²) in [6.45, 7) is 3.36. The lowest BCUT2D eigenvalue weighted by atomic mass is 9.76. The molecule has 2 aromatic carbocycles. The van der Waals surface area contributed by atoms with Crippen LogP contribution in [0.15, 0.2) is 58.4 Å². The quantitative estimate of drug-likeness (QED) is 0.278. The third-order valence-corrected chi connectivity index (χ3v) is 9.52. The average Bonchev–Trinajstić information content (AvgIpc) is 3.33. The number of ether oxygens (including phenoxy) is 1. The zero-order valence-corrected chi connectivity index (χ0v) is 22.1. The highest BCUT2D eigenvalue weighted by molar-refractivity contribution is 8.00. The molecule has 0 aliphatic carbocycles. The van der Waals surface area contributed by atoms with Crippen molar-refractivity contribution >= 4 is 57.9 Å². The van der Waals surface area contributed by atoms with Gasteiger partial charge >= 0.3 is 4.87 Å². The average molecular weight is 555 g/mol. The Hall–Kier alpha value is -3.97. The third-order valence-electron chi connectivity index (χ3n) is 6.70. The number of rotatable bonds is 6. The largest absolute Gasteiger partial charge is 0.497 e. The van der Waals surface area contributed by atoms with Crippen molar-refractivity contribution in [2.75, 3.05) is 17.3 Å². The van der Waals surface area contributed by atoms with E-state index in [0.29, 0.717) is 21.3 Å². The predicted molar refractivity (Wildman–Crippen MR) is 142 cm³/mol. The van der Waals surface area contributed by atoms with E-state index < -0.39 is 39.2 Å². The zero-order chi connectivity index (χ0) is 27.4. The van der Waals surface area contributed by atoms with Crippen LogP contribution in [0.25, 0.3) is 0 Å². The summed E-state index contributed by atoms with van der Waals surface area (Å²) in [5.41, 5.74) is -0.235. The molecule has 1 N–H and O–H groups in total. The van der Waals surface area contributed by atoms with Crippen molar-refractivity contribution < 1.29 is 24.0 Å². The van der Waals surface area contributed by atoms with Crippen LogP contribution in [0.3, 0.4) is 0 Å². The molecule has 38 heavy (non-hydrogen) atoms. The molecule has 3 heterocycles. The highest BCUT2D eigenvalue weighted by Crippen LogP contribution is 2.54. The summed E-state index contributed by atoms with van der Waals surface area (Å²) in [6, 6.07) is 12.0. The normalized spacial score (nSPS) is 19.6. The zero-order valence-electron chi connectivity index (χ0n) is 20.5. The van der Waals surface area contributed by atoms with Crippen molar-refractivity contribution in [2.24, 2.45) is 5.92 Å². The minimum absolute atomic E-state index is 0.154. The van der Waals surface area contributed by atoms with E-state index in [1.807, 2.05) is 13.8 Å². The Bertz CT molecular complexity index is 1530. The topological polar surface area (TPSA) is 141 Å². The van der Waals surface area contributed by atoms with Crippen LogP contribution in [0.1, 0.15) is 18.7 Å². The number of nitro benzene ring substituents is 1. The summed E-state index contributed by atoms with van der Waals surface area (Å²) in [5, 5.41) is 13.4. The number of nitro groups is 1. The number of amides is 3. The van der Waals surface area contributed by atoms with Gasteiger partial charge in [0.1, 0.15) is 17.5 Å². The number of nitrogens with one attached hydrogen (secondary N) is 1. The number of anilines is 2. The van der Waals surface area contributed by atoms with Crippen LogP contribution in [-0.2, 0) is 26.3 Å². The molecule has 11 nitrogen and oxygen atoms in total. The first-order valence-corrected chi connectivity index (χ1v) is 13.2. The van der Waals surface area contributed by atoms with Gasteiger partial charge in [0.2, 0.25) is 17.7 Å². The molecule has 0 bridgehead atoms. The number of thiazole rings is 1. The molecule has 0 spiro atoms. The molecule has 0 radical (unpaired) electrons. The second kappa shape index (κ2) is 9.40. The van der Waals surface area contributed by atoms with E-state index in [9.17, 15) is 29.3 Å². The predicted octanol–water partition coefficient (Wildman–Crippen LogP) is 3.41. The second-order valence-electron chi connectivity index (χ2n) is 9.39. The summed E-state index contributed by atoms with van der Waals surface area (Å²) in [4.78, 5) is 64.6. The SMILES string of the molecule is COc1ccc(NC(=O)Cn2c3c(sc2=O)C(C)(C)[C@H]2C(=O)N(c4ccc([N+](=O)[O-])cc4)C(=O)[C@H]2S3)cc1. The molecule has 196 valence electrons. The Labute approximate surface area is 224 Å². The molecular weight excluding hydrogens is 532 g/mol. The van der Waals surface area contributed by atoms with Gasteiger partial charge in [-0.1, -0.05) is 36.9 Å². The van der Waals surface area contributed by atoms with Crippen LogP contribution in [0.5, 0.6) is 5.75 Å². The number of carbonyl (C=O) groups excluding carboxylic acids is 3. The molecule has 2 atom stereocenters. The number of nitrogens with zero attached hydrogens (tertiary/aromatic N) is 3. The molecule has 2 aliphatic rings. The van der Waals surface area contributed by atoms with Gasteiger partial charge in [-0.05, 0) is 36.4 Å². The first-order valence-electron chi connectivity index (χ1n) is 11.5. The fraction of sp³-hybridized carbons (Fsp3) is 0.280. The second-order valence-corrected chi connectivity index (χ2v) is 11.5. The first-order chi connectivity index (χ1) is 18.0. The van der Waals surface area contributed by atoms with Gasteiger partial charge in [0.25, 0.3) is 5.69 Å². The number of fused-ring (bicyclic) bond motifs is 2. The van der Waals surface area contributed by atoms with Gasteiger partial charge in [-0.25, -0.2) is 4.90 Å². The number of hydrogen-bond acceptors (Lipinski definition) is 9. The van der Waals surface area contributed by atoms with E-state index >= 15 is 0 Å². The smallest absolute Gasteiger partial charge is 0.308 e. The number of imide groups is 1. The van der Waals surface area contributed by atoms with Crippen molar-refractivity contribution in [1.29, 1.82) is 0 Å². The van der Waals surface area contributed by atoms with Crippen molar-refractivity contribution in [3.63, 3.8) is 0 Å². The molecule has 5 rings (SSSR count). The van der Waals surface area contributed by atoms with E-state index in [2.05, 4.69) is 5.32 Å². The van der Waals surface area contributed by atoms with Gasteiger partial charge in [-0.2, -0.15) is 0 Å². The lowest BCUT2D eigenvalue weighted by Crippen LogP contribution is -2.41. The van der Waals surface area contributed by atoms with Crippen LogP contribution in [0.4, 0.5) is 17.1 Å². The molecule has 1 saturated heterocycles. The molecular formula is C25H22N4O7S2. The van der Waals surface area contributed by atoms with Crippen molar-refractivity contribution in [3.8, 4) is 5.75 Å². The highest BCUT2D eigenvalue weighted by atomic mass is 32.2. The number of methoxy groups -OCH3 is 1. The fourth-order valence-corrected chi connectivity index (χ4v) is 7.80. The number of carbonyl (C=O) groups is 3. The minimum Gasteiger partial charge on any atom is -0.497 e. The van der Waals surface area contributed by atoms with E-state index in [-0.39, 0.29) is 22.8 Å². The number of thioether (sulfide) groups is 1. The first kappa shape index (κ1) is 25.7. The van der Waals surface area contributed by atoms with E-state index in [0.717, 1.165) is 28.0 Å². The number of hydrogen-bond donors (Lipinski definition) is 1. The van der Waals surface area contributed by atoms with Crippen LogP contribution < -0.4 is 19.8 Å². The van der Waals surface area contributed by atoms with Gasteiger partial charge in [0, 0.05) is 28.1 Å². The maximum absolute atomic E-state index is 13.5. The van der Waals surface area contributed by atoms with Gasteiger partial charge in [0.15, 0.2) is 0 Å². The summed E-state index contributed by atoms with van der Waals surface area (Å²) in [7, 11) is 1.54. The maximum atomic E-state index is 13.5. The van der Waals surface area contributed by atoms with Crippen LogP contribution in [0, 0.1) is 16.0 Å². The Morgan fingerprint density at radius 2 is 1.74 bits per heavy atom. The highest BCUT2D eigenvalue weighted by Gasteiger charge is 2.59. The Morgan fingerprint density at radius 1 is 1.08 bits per heavy atom. The van der Waals surface area contributed by atoms with Gasteiger partial charge in [-0.15, -0.1) is 0 Å². The Kier molecular flexibility index (Phi) is 6.35. The molecule has 2 aliphatic heterocycles. The van der Waals surface area contributed by atoms with Crippen LogP contribution >= 0.6 is 23.1 Å². The van der Waals surface area contributed by atoms with Gasteiger partial charge in [0.05, 0.1) is 28.7 Å². The Balaban J connectivity index is 1.43. The molecule has 3 aromatic rings. The lowest BCUT2D eigenvalue weighted by molar-refractivity contribution is -0.384. The van der Waals surface area contributed by atoms with Crippen LogP contribution in [-0.4, -0.2) is 39.6 Å². The van der Waals surface area contributed by atoms with Crippen molar-refractivity contribution in [1.82, 2.24) is 4.57 Å². The maximum Gasteiger partial charge on any atom is 0.308 e. The Morgan fingerprint density at radius 3 is 2.34 bits per heavy atom. The lowest BCUT2D eigenvalue weighted by Gasteiger charge is -2.36. The summed E-state index contributed by atoms with van der Waals surface area (Å²) < 4.78 is 6.46. The minimum atomic E-state index is -0.866. The molecule has 1 fully saturated rings. The summed E-state index contributed by atoms with van der Waals surface area (Å²) in [6.07, 6.45) is 0. The van der Waals surface area contributed by atoms with Gasteiger partial charge < -0.3 is 10.1 Å². The number of non-ortho nitro benzene ring substituents is 1. The van der Waals surface area contributed by atoms with E-state index in [1.165, 1.54) is 35.9 Å². The van der Waals surface area contributed by atoms with E-state index in [4.69, 9.17) is 4.74 Å². The summed E-state index contributed by atoms with van der Waals surface area (Å²) in [5.74, 6) is -1.42. The fourth-order valence-electron chi connectivity index (χ4n) is 4.76. The molecule has 0 unspecified atom stereocenters. The van der Waals surface area contributed by atoms with Gasteiger partial charge in [-0.3, -0.25) is 33.9 Å². The monoisotopic (exact) mass is 554 g/mol. The molecule has 1 aromatic heterocycles. The standard InChI is InChI=1S/C25H22N4O7S2/c1-25(2)18-19(22(32)28(21(18)31)14-6-8-15(9-7-14)29(34)35)37-23-20(25)38-24(33)27(23)12-17(30)26-13-4-10-16(36-3)11-5-13/h4-11,18-19H,12H2,1-3H3,(H,26,30)/t18-,19+/m1/s1. The third kappa shape index (κ3) is 4.17.